The number of hydrogen-bond acceptors (Lipinski definition) is 5. The highest BCUT2D eigenvalue weighted by atomic mass is 35.5. The first-order chi connectivity index (χ1) is 15.1. The Morgan fingerprint density at radius 3 is 2.23 bits per heavy atom. The van der Waals surface area contributed by atoms with E-state index in [1.54, 1.807) is 53.6 Å². The number of anilines is 2. The standard InChI is InChI=1S/C24H16ClN3O3/c25-18-8-4-5-9-19(18)27-23(29)20-21(16-12-10-15(14-26)11-13-16)28(31-22(20)24(27)30)17-6-2-1-3-7-17/h1-13,20-22H/t20-,21-,22+/m1/s1. The van der Waals surface area contributed by atoms with Crippen LogP contribution in [0.4, 0.5) is 11.4 Å². The third-order valence-electron chi connectivity index (χ3n) is 5.60. The first-order valence-electron chi connectivity index (χ1n) is 9.73. The third kappa shape index (κ3) is 3.07. The van der Waals surface area contributed by atoms with Crippen molar-refractivity contribution in [3.05, 3.63) is 95.0 Å². The van der Waals surface area contributed by atoms with Gasteiger partial charge < -0.3 is 0 Å². The van der Waals surface area contributed by atoms with Gasteiger partial charge in [0.05, 0.1) is 34.1 Å². The number of amides is 2. The minimum atomic E-state index is -0.968. The monoisotopic (exact) mass is 429 g/mol. The van der Waals surface area contributed by atoms with Crippen molar-refractivity contribution >= 4 is 34.8 Å². The number of fused-ring (bicyclic) bond motifs is 1. The lowest BCUT2D eigenvalue weighted by atomic mass is 9.90. The summed E-state index contributed by atoms with van der Waals surface area (Å²) in [6.07, 6.45) is -0.968. The van der Waals surface area contributed by atoms with Gasteiger partial charge in [0.2, 0.25) is 5.91 Å². The number of benzene rings is 3. The quantitative estimate of drug-likeness (QED) is 0.581. The molecule has 0 bridgehead atoms. The molecule has 2 heterocycles. The molecular weight excluding hydrogens is 414 g/mol. The molecular formula is C24H16ClN3O3. The number of nitrogens with zero attached hydrogens (tertiary/aromatic N) is 3. The minimum Gasteiger partial charge on any atom is -0.273 e. The van der Waals surface area contributed by atoms with Crippen molar-refractivity contribution in [3.63, 3.8) is 0 Å². The summed E-state index contributed by atoms with van der Waals surface area (Å²) in [5.41, 5.74) is 2.37. The van der Waals surface area contributed by atoms with Gasteiger partial charge >= 0.3 is 0 Å². The number of carbonyl (C=O) groups is 2. The van der Waals surface area contributed by atoms with Crippen LogP contribution in [0, 0.1) is 17.2 Å². The molecule has 0 N–H and O–H groups in total. The molecule has 2 amide bonds. The van der Waals surface area contributed by atoms with Crippen LogP contribution in [0.2, 0.25) is 5.02 Å². The Balaban J connectivity index is 1.60. The van der Waals surface area contributed by atoms with Crippen molar-refractivity contribution in [1.82, 2.24) is 0 Å². The zero-order valence-corrected chi connectivity index (χ0v) is 16.9. The van der Waals surface area contributed by atoms with E-state index in [9.17, 15) is 9.59 Å². The van der Waals surface area contributed by atoms with E-state index < -0.39 is 24.0 Å². The SMILES string of the molecule is N#Cc1ccc([C@@H]2[C@H]3C(=O)N(c4ccccc4Cl)C(=O)[C@H]3ON2c2ccccc2)cc1. The van der Waals surface area contributed by atoms with Crippen LogP contribution < -0.4 is 9.96 Å². The fourth-order valence-corrected chi connectivity index (χ4v) is 4.40. The second-order valence-corrected chi connectivity index (χ2v) is 7.76. The zero-order valence-electron chi connectivity index (χ0n) is 16.2. The lowest BCUT2D eigenvalue weighted by molar-refractivity contribution is -0.126. The van der Waals surface area contributed by atoms with Gasteiger partial charge in [-0.15, -0.1) is 0 Å². The van der Waals surface area contributed by atoms with E-state index in [2.05, 4.69) is 6.07 Å². The fraction of sp³-hybridized carbons (Fsp3) is 0.125. The van der Waals surface area contributed by atoms with Gasteiger partial charge in [0.1, 0.15) is 5.92 Å². The van der Waals surface area contributed by atoms with Gasteiger partial charge in [-0.05, 0) is 42.0 Å². The molecule has 2 aliphatic heterocycles. The highest BCUT2D eigenvalue weighted by molar-refractivity contribution is 6.36. The number of hydrogen-bond donors (Lipinski definition) is 0. The van der Waals surface area contributed by atoms with Gasteiger partial charge in [-0.1, -0.05) is 54.1 Å². The van der Waals surface area contributed by atoms with E-state index in [1.165, 1.54) is 0 Å². The first kappa shape index (κ1) is 19.3. The van der Waals surface area contributed by atoms with Crippen molar-refractivity contribution in [2.45, 2.75) is 12.1 Å². The molecule has 3 aromatic carbocycles. The molecule has 3 atom stereocenters. The molecule has 2 fully saturated rings. The van der Waals surface area contributed by atoms with Crippen molar-refractivity contribution in [3.8, 4) is 6.07 Å². The fourth-order valence-electron chi connectivity index (χ4n) is 4.18. The normalized spacial score (nSPS) is 22.5. The number of imide groups is 1. The summed E-state index contributed by atoms with van der Waals surface area (Å²) in [6, 6.07) is 24.6. The van der Waals surface area contributed by atoms with E-state index in [4.69, 9.17) is 21.7 Å². The van der Waals surface area contributed by atoms with Gasteiger partial charge in [0.15, 0.2) is 6.10 Å². The highest BCUT2D eigenvalue weighted by Gasteiger charge is 2.60. The summed E-state index contributed by atoms with van der Waals surface area (Å²) in [5, 5.41) is 11.1. The molecule has 152 valence electrons. The van der Waals surface area contributed by atoms with E-state index >= 15 is 0 Å². The summed E-state index contributed by atoms with van der Waals surface area (Å²) in [4.78, 5) is 34.0. The van der Waals surface area contributed by atoms with Crippen LogP contribution in [0.5, 0.6) is 0 Å². The molecule has 2 saturated heterocycles. The zero-order chi connectivity index (χ0) is 21.5. The summed E-state index contributed by atoms with van der Waals surface area (Å²) < 4.78 is 0. The molecule has 0 saturated carbocycles. The predicted molar refractivity (Wildman–Crippen MR) is 115 cm³/mol. The van der Waals surface area contributed by atoms with Crippen LogP contribution in [-0.4, -0.2) is 17.9 Å². The van der Waals surface area contributed by atoms with Crippen LogP contribution in [0.15, 0.2) is 78.9 Å². The Morgan fingerprint density at radius 1 is 0.871 bits per heavy atom. The molecule has 31 heavy (non-hydrogen) atoms. The second-order valence-electron chi connectivity index (χ2n) is 7.36. The number of hydroxylamine groups is 1. The van der Waals surface area contributed by atoms with Crippen LogP contribution in [-0.2, 0) is 14.4 Å². The van der Waals surface area contributed by atoms with Crippen molar-refractivity contribution < 1.29 is 14.4 Å². The summed E-state index contributed by atoms with van der Waals surface area (Å²) in [5.74, 6) is -1.56. The van der Waals surface area contributed by atoms with Gasteiger partial charge in [-0.3, -0.25) is 14.4 Å². The third-order valence-corrected chi connectivity index (χ3v) is 5.92. The topological polar surface area (TPSA) is 73.6 Å². The van der Waals surface area contributed by atoms with Crippen LogP contribution in [0.1, 0.15) is 17.2 Å². The van der Waals surface area contributed by atoms with Gasteiger partial charge in [0, 0.05) is 0 Å². The molecule has 7 heteroatoms. The smallest absolute Gasteiger partial charge is 0.266 e. The van der Waals surface area contributed by atoms with Crippen molar-refractivity contribution in [1.29, 1.82) is 5.26 Å². The highest BCUT2D eigenvalue weighted by Crippen LogP contribution is 2.48. The lowest BCUT2D eigenvalue weighted by Gasteiger charge is -2.29. The molecule has 0 aliphatic carbocycles. The van der Waals surface area contributed by atoms with Gasteiger partial charge in [0.25, 0.3) is 5.91 Å². The summed E-state index contributed by atoms with van der Waals surface area (Å²) >= 11 is 6.27. The van der Waals surface area contributed by atoms with E-state index in [1.807, 2.05) is 30.3 Å². The number of para-hydroxylation sites is 2. The number of halogens is 1. The average Bonchev–Trinajstić information content (AvgIpc) is 3.31. The molecule has 0 radical (unpaired) electrons. The predicted octanol–water partition coefficient (Wildman–Crippen LogP) is 4.26. The minimum absolute atomic E-state index is 0.319. The Kier molecular flexibility index (Phi) is 4.70. The average molecular weight is 430 g/mol. The number of nitriles is 1. The number of rotatable bonds is 3. The Hall–Kier alpha value is -3.66. The second kappa shape index (κ2) is 7.55. The molecule has 0 aromatic heterocycles. The molecule has 5 rings (SSSR count). The summed E-state index contributed by atoms with van der Waals surface area (Å²) in [6.45, 7) is 0. The van der Waals surface area contributed by atoms with E-state index in [-0.39, 0.29) is 5.91 Å². The molecule has 0 unspecified atom stereocenters. The molecule has 6 nitrogen and oxygen atoms in total. The van der Waals surface area contributed by atoms with E-state index in [0.29, 0.717) is 16.3 Å². The maximum absolute atomic E-state index is 13.5. The number of carbonyl (C=O) groups excluding carboxylic acids is 2. The molecule has 2 aliphatic rings. The van der Waals surface area contributed by atoms with Crippen molar-refractivity contribution in [2.24, 2.45) is 5.92 Å². The van der Waals surface area contributed by atoms with Crippen molar-refractivity contribution in [2.75, 3.05) is 9.96 Å². The Morgan fingerprint density at radius 2 is 1.55 bits per heavy atom. The lowest BCUT2D eigenvalue weighted by Crippen LogP contribution is -2.37. The molecule has 0 spiro atoms. The maximum Gasteiger partial charge on any atom is 0.266 e. The Bertz CT molecular complexity index is 1210. The Labute approximate surface area is 183 Å². The first-order valence-corrected chi connectivity index (χ1v) is 10.1. The van der Waals surface area contributed by atoms with Gasteiger partial charge in [-0.2, -0.15) is 5.26 Å². The van der Waals surface area contributed by atoms with Crippen LogP contribution in [0.25, 0.3) is 0 Å². The van der Waals surface area contributed by atoms with E-state index in [0.717, 1.165) is 16.2 Å². The van der Waals surface area contributed by atoms with Crippen LogP contribution >= 0.6 is 11.6 Å². The molecule has 3 aromatic rings. The van der Waals surface area contributed by atoms with Crippen LogP contribution in [0.3, 0.4) is 0 Å². The maximum atomic E-state index is 13.5. The largest absolute Gasteiger partial charge is 0.273 e. The summed E-state index contributed by atoms with van der Waals surface area (Å²) in [7, 11) is 0. The van der Waals surface area contributed by atoms with Gasteiger partial charge in [-0.25, -0.2) is 9.96 Å².